The molecule has 1 aliphatic rings. The van der Waals surface area contributed by atoms with Crippen molar-refractivity contribution in [3.63, 3.8) is 0 Å². The molecule has 2 heteroatoms. The van der Waals surface area contributed by atoms with E-state index < -0.39 is 0 Å². The lowest BCUT2D eigenvalue weighted by Gasteiger charge is -2.26. The third-order valence-corrected chi connectivity index (χ3v) is 5.35. The lowest BCUT2D eigenvalue weighted by molar-refractivity contribution is 0.470. The van der Waals surface area contributed by atoms with Gasteiger partial charge in [-0.25, -0.2) is 0 Å². The van der Waals surface area contributed by atoms with Crippen molar-refractivity contribution in [2.24, 2.45) is 0 Å². The molecule has 0 bridgehead atoms. The average Bonchev–Trinajstić information content (AvgIpc) is 2.92. The summed E-state index contributed by atoms with van der Waals surface area (Å²) in [7, 11) is 0. The fraction of sp³-hybridized carbons (Fsp3) is 0.333. The van der Waals surface area contributed by atoms with Crippen LogP contribution in [-0.4, -0.2) is 17.0 Å². The topological polar surface area (TPSA) is 12.0 Å². The van der Waals surface area contributed by atoms with Crippen molar-refractivity contribution in [2.75, 3.05) is 5.75 Å². The Hall–Kier alpha value is -1.25. The second-order valence-electron chi connectivity index (χ2n) is 5.39. The molecular formula is C18H21NS. The molecule has 2 unspecified atom stereocenters. The summed E-state index contributed by atoms with van der Waals surface area (Å²) < 4.78 is 0. The lowest BCUT2D eigenvalue weighted by Crippen LogP contribution is -2.37. The molecule has 1 nitrogen and oxygen atoms in total. The zero-order valence-electron chi connectivity index (χ0n) is 11.8. The molecule has 104 valence electrons. The molecule has 0 saturated carbocycles. The molecule has 1 aliphatic heterocycles. The summed E-state index contributed by atoms with van der Waals surface area (Å²) in [5.74, 6) is 1.27. The first kappa shape index (κ1) is 13.7. The third kappa shape index (κ3) is 3.08. The summed E-state index contributed by atoms with van der Waals surface area (Å²) >= 11 is 2.08. The van der Waals surface area contributed by atoms with E-state index in [0.717, 1.165) is 0 Å². The van der Waals surface area contributed by atoms with Gasteiger partial charge in [-0.05, 0) is 23.3 Å². The number of benzene rings is 2. The van der Waals surface area contributed by atoms with Gasteiger partial charge in [0.15, 0.2) is 0 Å². The van der Waals surface area contributed by atoms with Crippen LogP contribution in [0.1, 0.15) is 30.5 Å². The summed E-state index contributed by atoms with van der Waals surface area (Å²) in [6, 6.07) is 22.4. The monoisotopic (exact) mass is 283 g/mol. The van der Waals surface area contributed by atoms with E-state index >= 15 is 0 Å². The van der Waals surface area contributed by atoms with Gasteiger partial charge in [0.25, 0.3) is 0 Å². The van der Waals surface area contributed by atoms with E-state index in [1.807, 2.05) is 0 Å². The number of nitrogens with one attached hydrogen (secondary N) is 1. The van der Waals surface area contributed by atoms with E-state index in [4.69, 9.17) is 0 Å². The predicted octanol–water partition coefficient (Wildman–Crippen LogP) is 4.26. The highest BCUT2D eigenvalue weighted by molar-refractivity contribution is 8.00. The maximum absolute atomic E-state index is 3.88. The fourth-order valence-corrected chi connectivity index (χ4v) is 4.05. The second-order valence-corrected chi connectivity index (χ2v) is 6.88. The van der Waals surface area contributed by atoms with Gasteiger partial charge >= 0.3 is 0 Å². The van der Waals surface area contributed by atoms with E-state index in [0.29, 0.717) is 17.3 Å². The van der Waals surface area contributed by atoms with Crippen LogP contribution in [0, 0.1) is 0 Å². The summed E-state index contributed by atoms with van der Waals surface area (Å²) in [5, 5.41) is 4.58. The van der Waals surface area contributed by atoms with Gasteiger partial charge in [-0.2, -0.15) is 11.8 Å². The summed E-state index contributed by atoms with van der Waals surface area (Å²) in [4.78, 5) is 0. The number of rotatable bonds is 4. The molecule has 2 aromatic carbocycles. The zero-order valence-corrected chi connectivity index (χ0v) is 12.6. The van der Waals surface area contributed by atoms with Crippen molar-refractivity contribution in [1.29, 1.82) is 0 Å². The molecule has 0 aromatic heterocycles. The van der Waals surface area contributed by atoms with Gasteiger partial charge in [-0.3, -0.25) is 0 Å². The highest BCUT2D eigenvalue weighted by Crippen LogP contribution is 2.30. The number of hydrogen-bond donors (Lipinski definition) is 1. The molecule has 0 amide bonds. The normalized spacial score (nSPS) is 22.3. The smallest absolute Gasteiger partial charge is 0.0579 e. The van der Waals surface area contributed by atoms with Crippen LogP contribution in [0.3, 0.4) is 0 Å². The SMILES string of the molecule is CC1SCCC1NC(c1ccccc1)c1ccccc1. The largest absolute Gasteiger partial charge is 0.302 e. The third-order valence-electron chi connectivity index (χ3n) is 4.02. The zero-order chi connectivity index (χ0) is 13.8. The highest BCUT2D eigenvalue weighted by atomic mass is 32.2. The molecule has 0 spiro atoms. The van der Waals surface area contributed by atoms with Crippen LogP contribution in [-0.2, 0) is 0 Å². The first-order valence-corrected chi connectivity index (χ1v) is 8.37. The van der Waals surface area contributed by atoms with E-state index in [9.17, 15) is 0 Å². The van der Waals surface area contributed by atoms with Gasteiger partial charge < -0.3 is 5.32 Å². The Kier molecular flexibility index (Phi) is 4.44. The van der Waals surface area contributed by atoms with Gasteiger partial charge in [0.1, 0.15) is 0 Å². The minimum Gasteiger partial charge on any atom is -0.302 e. The second kappa shape index (κ2) is 6.47. The minimum absolute atomic E-state index is 0.295. The van der Waals surface area contributed by atoms with E-state index in [-0.39, 0.29) is 0 Å². The fourth-order valence-electron chi connectivity index (χ4n) is 2.84. The van der Waals surface area contributed by atoms with Gasteiger partial charge in [0.2, 0.25) is 0 Å². The van der Waals surface area contributed by atoms with E-state index in [2.05, 4.69) is 84.7 Å². The Morgan fingerprint density at radius 1 is 0.950 bits per heavy atom. The molecule has 1 saturated heterocycles. The standard InChI is InChI=1S/C18H21NS/c1-14-17(12-13-20-14)19-18(15-8-4-2-5-9-15)16-10-6-3-7-11-16/h2-11,14,17-19H,12-13H2,1H3. The molecule has 0 aliphatic carbocycles. The van der Waals surface area contributed by atoms with Crippen LogP contribution in [0.15, 0.2) is 60.7 Å². The van der Waals surface area contributed by atoms with Crippen LogP contribution in [0.5, 0.6) is 0 Å². The Balaban J connectivity index is 1.88. The van der Waals surface area contributed by atoms with Crippen molar-refractivity contribution in [3.8, 4) is 0 Å². The lowest BCUT2D eigenvalue weighted by atomic mass is 9.97. The quantitative estimate of drug-likeness (QED) is 0.900. The molecule has 1 fully saturated rings. The Bertz CT molecular complexity index is 486. The highest BCUT2D eigenvalue weighted by Gasteiger charge is 2.27. The molecule has 3 rings (SSSR count). The molecule has 1 heterocycles. The van der Waals surface area contributed by atoms with Crippen molar-refractivity contribution in [3.05, 3.63) is 71.8 Å². The molecular weight excluding hydrogens is 262 g/mol. The van der Waals surface area contributed by atoms with Crippen molar-refractivity contribution in [1.82, 2.24) is 5.32 Å². The van der Waals surface area contributed by atoms with Crippen molar-refractivity contribution < 1.29 is 0 Å². The van der Waals surface area contributed by atoms with Gasteiger partial charge in [0, 0.05) is 11.3 Å². The summed E-state index contributed by atoms with van der Waals surface area (Å²) in [6.45, 7) is 2.34. The average molecular weight is 283 g/mol. The van der Waals surface area contributed by atoms with Crippen LogP contribution >= 0.6 is 11.8 Å². The predicted molar refractivity (Wildman–Crippen MR) is 88.2 cm³/mol. The van der Waals surface area contributed by atoms with Crippen LogP contribution in [0.2, 0.25) is 0 Å². The first-order chi connectivity index (χ1) is 9.84. The molecule has 2 aromatic rings. The maximum Gasteiger partial charge on any atom is 0.0579 e. The Morgan fingerprint density at radius 3 is 1.95 bits per heavy atom. The minimum atomic E-state index is 0.295. The molecule has 2 atom stereocenters. The molecule has 0 radical (unpaired) electrons. The maximum atomic E-state index is 3.88. The van der Waals surface area contributed by atoms with E-state index in [1.165, 1.54) is 23.3 Å². The number of thioether (sulfide) groups is 1. The Labute approximate surface area is 125 Å². The van der Waals surface area contributed by atoms with Gasteiger partial charge in [0.05, 0.1) is 6.04 Å². The molecule has 1 N–H and O–H groups in total. The van der Waals surface area contributed by atoms with Gasteiger partial charge in [-0.15, -0.1) is 0 Å². The van der Waals surface area contributed by atoms with Crippen molar-refractivity contribution in [2.45, 2.75) is 30.7 Å². The summed E-state index contributed by atoms with van der Waals surface area (Å²) in [6.07, 6.45) is 1.27. The van der Waals surface area contributed by atoms with Gasteiger partial charge in [-0.1, -0.05) is 67.6 Å². The van der Waals surface area contributed by atoms with E-state index in [1.54, 1.807) is 0 Å². The molecule has 20 heavy (non-hydrogen) atoms. The Morgan fingerprint density at radius 2 is 1.50 bits per heavy atom. The van der Waals surface area contributed by atoms with Crippen LogP contribution in [0.4, 0.5) is 0 Å². The van der Waals surface area contributed by atoms with Crippen LogP contribution in [0.25, 0.3) is 0 Å². The van der Waals surface area contributed by atoms with Crippen molar-refractivity contribution >= 4 is 11.8 Å². The number of hydrogen-bond acceptors (Lipinski definition) is 2. The van der Waals surface area contributed by atoms with Crippen LogP contribution < -0.4 is 5.32 Å². The first-order valence-electron chi connectivity index (χ1n) is 7.32. The summed E-state index contributed by atoms with van der Waals surface area (Å²) in [5.41, 5.74) is 2.70.